The van der Waals surface area contributed by atoms with Crippen molar-refractivity contribution in [2.24, 2.45) is 0 Å². The van der Waals surface area contributed by atoms with Crippen molar-refractivity contribution in [3.05, 3.63) is 56.8 Å². The van der Waals surface area contributed by atoms with Gasteiger partial charge in [0, 0.05) is 11.3 Å². The quantitative estimate of drug-likeness (QED) is 0.869. The molecule has 90 valence electrons. The highest BCUT2D eigenvalue weighted by atomic mass is 32.1. The van der Waals surface area contributed by atoms with Gasteiger partial charge in [-0.25, -0.2) is 0 Å². The van der Waals surface area contributed by atoms with Crippen molar-refractivity contribution in [3.63, 3.8) is 0 Å². The molecular formula is C15H18OS. The van der Waals surface area contributed by atoms with E-state index in [1.165, 1.54) is 22.3 Å². The molecule has 2 rings (SSSR count). The van der Waals surface area contributed by atoms with Crippen LogP contribution < -0.4 is 0 Å². The largest absolute Gasteiger partial charge is 0.387 e. The molecule has 1 nitrogen and oxygen atoms in total. The highest BCUT2D eigenvalue weighted by Gasteiger charge is 2.14. The van der Waals surface area contributed by atoms with E-state index >= 15 is 0 Å². The maximum Gasteiger partial charge on any atom is 0.0925 e. The molecule has 0 saturated carbocycles. The summed E-state index contributed by atoms with van der Waals surface area (Å²) >= 11 is 1.64. The fourth-order valence-electron chi connectivity index (χ4n) is 2.18. The molecule has 0 spiro atoms. The summed E-state index contributed by atoms with van der Waals surface area (Å²) in [4.78, 5) is 1.09. The lowest BCUT2D eigenvalue weighted by Gasteiger charge is -2.14. The van der Waals surface area contributed by atoms with Crippen molar-refractivity contribution >= 4 is 11.3 Å². The fourth-order valence-corrected chi connectivity index (χ4v) is 3.10. The molecule has 1 N–H and O–H groups in total. The van der Waals surface area contributed by atoms with Crippen LogP contribution >= 0.6 is 11.3 Å². The van der Waals surface area contributed by atoms with Crippen molar-refractivity contribution < 1.29 is 5.11 Å². The van der Waals surface area contributed by atoms with Gasteiger partial charge in [-0.1, -0.05) is 18.2 Å². The molecule has 17 heavy (non-hydrogen) atoms. The number of aryl methyl sites for hydroxylation is 3. The minimum atomic E-state index is -0.380. The lowest BCUT2D eigenvalue weighted by Crippen LogP contribution is -2.04. The maximum absolute atomic E-state index is 10.3. The summed E-state index contributed by atoms with van der Waals surface area (Å²) in [5, 5.41) is 12.3. The summed E-state index contributed by atoms with van der Waals surface area (Å²) in [6, 6.07) is 8.34. The molecule has 0 saturated heterocycles. The van der Waals surface area contributed by atoms with Crippen LogP contribution in [-0.4, -0.2) is 5.11 Å². The van der Waals surface area contributed by atoms with E-state index in [-0.39, 0.29) is 6.10 Å². The van der Waals surface area contributed by atoms with Gasteiger partial charge >= 0.3 is 0 Å². The smallest absolute Gasteiger partial charge is 0.0925 e. The molecule has 2 aromatic rings. The van der Waals surface area contributed by atoms with E-state index in [2.05, 4.69) is 45.0 Å². The molecule has 1 aromatic carbocycles. The van der Waals surface area contributed by atoms with Crippen LogP contribution in [0.4, 0.5) is 0 Å². The summed E-state index contributed by atoms with van der Waals surface area (Å²) in [7, 11) is 0. The third-order valence-electron chi connectivity index (χ3n) is 3.25. The monoisotopic (exact) mass is 246 g/mol. The molecule has 0 bridgehead atoms. The van der Waals surface area contributed by atoms with Crippen LogP contribution in [0.25, 0.3) is 0 Å². The predicted octanol–water partition coefficient (Wildman–Crippen LogP) is 3.95. The van der Waals surface area contributed by atoms with E-state index in [1.54, 1.807) is 11.3 Å². The Kier molecular flexibility index (Phi) is 3.65. The molecule has 0 amide bonds. The van der Waals surface area contributed by atoms with Crippen LogP contribution in [0.5, 0.6) is 0 Å². The van der Waals surface area contributed by atoms with Crippen molar-refractivity contribution in [1.82, 2.24) is 0 Å². The Bertz CT molecular complexity index is 493. The van der Waals surface area contributed by atoms with Gasteiger partial charge in [0.15, 0.2) is 0 Å². The van der Waals surface area contributed by atoms with E-state index in [4.69, 9.17) is 0 Å². The molecular weight excluding hydrogens is 228 g/mol. The van der Waals surface area contributed by atoms with Gasteiger partial charge in [0.05, 0.1) is 6.10 Å². The first kappa shape index (κ1) is 12.3. The van der Waals surface area contributed by atoms with Gasteiger partial charge in [0.25, 0.3) is 0 Å². The third-order valence-corrected chi connectivity index (χ3v) is 4.37. The highest BCUT2D eigenvalue weighted by Crippen LogP contribution is 2.28. The highest BCUT2D eigenvalue weighted by molar-refractivity contribution is 7.10. The van der Waals surface area contributed by atoms with Crippen molar-refractivity contribution in [1.29, 1.82) is 0 Å². The molecule has 0 aliphatic heterocycles. The van der Waals surface area contributed by atoms with Crippen molar-refractivity contribution in [2.75, 3.05) is 0 Å². The van der Waals surface area contributed by atoms with E-state index in [1.807, 2.05) is 5.38 Å². The number of rotatable bonds is 3. The molecule has 0 radical (unpaired) electrons. The molecule has 0 aliphatic rings. The standard InChI is InChI=1S/C15H18OS/c1-10-5-4-6-11(2)13(10)9-14(16)15-12(3)7-8-17-15/h4-8,14,16H,9H2,1-3H3. The van der Waals surface area contributed by atoms with Gasteiger partial charge in [-0.2, -0.15) is 0 Å². The Morgan fingerprint density at radius 2 is 1.71 bits per heavy atom. The molecule has 1 aromatic heterocycles. The van der Waals surface area contributed by atoms with E-state index in [0.29, 0.717) is 6.42 Å². The van der Waals surface area contributed by atoms with Gasteiger partial charge < -0.3 is 5.11 Å². The van der Waals surface area contributed by atoms with E-state index in [0.717, 1.165) is 4.88 Å². The number of hydrogen-bond donors (Lipinski definition) is 1. The molecule has 2 heteroatoms. The number of benzene rings is 1. The molecule has 1 heterocycles. The summed E-state index contributed by atoms with van der Waals surface area (Å²) in [5.74, 6) is 0. The van der Waals surface area contributed by atoms with Crippen molar-refractivity contribution in [2.45, 2.75) is 33.3 Å². The summed E-state index contributed by atoms with van der Waals surface area (Å²) in [6.07, 6.45) is 0.328. The van der Waals surface area contributed by atoms with Crippen LogP contribution in [0.1, 0.15) is 33.2 Å². The number of aliphatic hydroxyl groups excluding tert-OH is 1. The molecule has 1 unspecified atom stereocenters. The summed E-state index contributed by atoms with van der Waals surface area (Å²) in [6.45, 7) is 6.27. The first-order valence-electron chi connectivity index (χ1n) is 5.86. The van der Waals surface area contributed by atoms with Gasteiger partial charge in [0.2, 0.25) is 0 Å². The number of hydrogen-bond acceptors (Lipinski definition) is 2. The lowest BCUT2D eigenvalue weighted by atomic mass is 9.96. The van der Waals surface area contributed by atoms with Gasteiger partial charge in [0.1, 0.15) is 0 Å². The van der Waals surface area contributed by atoms with Gasteiger partial charge in [-0.15, -0.1) is 11.3 Å². The van der Waals surface area contributed by atoms with Crippen LogP contribution in [-0.2, 0) is 6.42 Å². The summed E-state index contributed by atoms with van der Waals surface area (Å²) in [5.41, 5.74) is 4.98. The Morgan fingerprint density at radius 3 is 2.24 bits per heavy atom. The molecule has 1 atom stereocenters. The first-order chi connectivity index (χ1) is 8.09. The third kappa shape index (κ3) is 2.59. The summed E-state index contributed by atoms with van der Waals surface area (Å²) < 4.78 is 0. The normalized spacial score (nSPS) is 12.7. The zero-order valence-corrected chi connectivity index (χ0v) is 11.3. The predicted molar refractivity (Wildman–Crippen MR) is 73.6 cm³/mol. The van der Waals surface area contributed by atoms with Crippen LogP contribution in [0.15, 0.2) is 29.6 Å². The molecule has 0 aliphatic carbocycles. The second-order valence-corrected chi connectivity index (χ2v) is 5.51. The average Bonchev–Trinajstić information content (AvgIpc) is 2.70. The van der Waals surface area contributed by atoms with Gasteiger partial charge in [-0.3, -0.25) is 0 Å². The number of thiophene rings is 1. The Labute approximate surface area is 107 Å². The van der Waals surface area contributed by atoms with E-state index < -0.39 is 0 Å². The van der Waals surface area contributed by atoms with Crippen LogP contribution in [0, 0.1) is 20.8 Å². The Hall–Kier alpha value is -1.12. The lowest BCUT2D eigenvalue weighted by molar-refractivity contribution is 0.181. The Balaban J connectivity index is 2.25. The second kappa shape index (κ2) is 5.03. The Morgan fingerprint density at radius 1 is 1.06 bits per heavy atom. The minimum Gasteiger partial charge on any atom is -0.387 e. The second-order valence-electron chi connectivity index (χ2n) is 4.56. The zero-order valence-electron chi connectivity index (χ0n) is 10.5. The van der Waals surface area contributed by atoms with Crippen LogP contribution in [0.3, 0.4) is 0 Å². The average molecular weight is 246 g/mol. The maximum atomic E-state index is 10.3. The molecule has 0 fully saturated rings. The van der Waals surface area contributed by atoms with Crippen LogP contribution in [0.2, 0.25) is 0 Å². The van der Waals surface area contributed by atoms with Crippen molar-refractivity contribution in [3.8, 4) is 0 Å². The minimum absolute atomic E-state index is 0.380. The zero-order chi connectivity index (χ0) is 12.4. The SMILES string of the molecule is Cc1ccsc1C(O)Cc1c(C)cccc1C. The van der Waals surface area contributed by atoms with Gasteiger partial charge in [-0.05, 0) is 54.5 Å². The van der Waals surface area contributed by atoms with E-state index in [9.17, 15) is 5.11 Å². The fraction of sp³-hybridized carbons (Fsp3) is 0.333. The number of aliphatic hydroxyl groups is 1. The topological polar surface area (TPSA) is 20.2 Å². The first-order valence-corrected chi connectivity index (χ1v) is 6.74.